The predicted octanol–water partition coefficient (Wildman–Crippen LogP) is 2.98. The number of hydrogen-bond donors (Lipinski definition) is 0. The van der Waals surface area contributed by atoms with Gasteiger partial charge in [-0.05, 0) is 41.9 Å². The molecular weight excluding hydrogens is 262 g/mol. The molecule has 2 rings (SSSR count). The Balaban J connectivity index is 2.10. The van der Waals surface area contributed by atoms with Gasteiger partial charge in [0.25, 0.3) is 0 Å². The summed E-state index contributed by atoms with van der Waals surface area (Å²) in [4.78, 5) is 6.35. The van der Waals surface area contributed by atoms with E-state index in [-0.39, 0.29) is 0 Å². The molecule has 0 aliphatic carbocycles. The summed E-state index contributed by atoms with van der Waals surface area (Å²) >= 11 is 0. The lowest BCUT2D eigenvalue weighted by molar-refractivity contribution is 0.271. The second-order valence-corrected chi connectivity index (χ2v) is 4.81. The summed E-state index contributed by atoms with van der Waals surface area (Å²) < 4.78 is 5.18. The fourth-order valence-corrected chi connectivity index (χ4v) is 2.22. The van der Waals surface area contributed by atoms with Crippen LogP contribution < -0.4 is 4.74 Å². The van der Waals surface area contributed by atoms with E-state index in [1.54, 1.807) is 7.11 Å². The Morgan fingerprint density at radius 3 is 2.48 bits per heavy atom. The molecule has 1 aromatic heterocycles. The van der Waals surface area contributed by atoms with Crippen LogP contribution in [0.25, 0.3) is 0 Å². The highest BCUT2D eigenvalue weighted by Crippen LogP contribution is 2.20. The maximum atomic E-state index is 9.15. The lowest BCUT2D eigenvalue weighted by atomic mass is 10.1. The molecule has 1 heterocycles. The molecule has 108 valence electrons. The molecule has 0 spiro atoms. The Hall–Kier alpha value is -2.38. The van der Waals surface area contributed by atoms with Gasteiger partial charge in [-0.25, -0.2) is 0 Å². The highest BCUT2D eigenvalue weighted by atomic mass is 16.5. The number of methoxy groups -OCH3 is 1. The Morgan fingerprint density at radius 2 is 1.86 bits per heavy atom. The number of hydrogen-bond acceptors (Lipinski definition) is 4. The molecule has 0 saturated carbocycles. The first kappa shape index (κ1) is 15.0. The Morgan fingerprint density at radius 1 is 1.14 bits per heavy atom. The van der Waals surface area contributed by atoms with Crippen LogP contribution in [0.4, 0.5) is 0 Å². The minimum atomic E-state index is 0.579. The van der Waals surface area contributed by atoms with E-state index in [4.69, 9.17) is 10.00 Å². The summed E-state index contributed by atoms with van der Waals surface area (Å²) in [5, 5.41) is 9.15. The van der Waals surface area contributed by atoms with Gasteiger partial charge in [-0.2, -0.15) is 5.26 Å². The van der Waals surface area contributed by atoms with E-state index in [0.717, 1.165) is 25.2 Å². The van der Waals surface area contributed by atoms with Gasteiger partial charge >= 0.3 is 0 Å². The van der Waals surface area contributed by atoms with Crippen molar-refractivity contribution in [2.75, 3.05) is 13.7 Å². The van der Waals surface area contributed by atoms with Crippen LogP contribution in [0.1, 0.15) is 23.6 Å². The van der Waals surface area contributed by atoms with E-state index in [2.05, 4.69) is 22.9 Å². The van der Waals surface area contributed by atoms with Crippen LogP contribution in [0, 0.1) is 11.3 Å². The monoisotopic (exact) mass is 281 g/mol. The van der Waals surface area contributed by atoms with Gasteiger partial charge in [0.05, 0.1) is 12.7 Å². The maximum Gasteiger partial charge on any atom is 0.136 e. The van der Waals surface area contributed by atoms with Crippen molar-refractivity contribution in [2.45, 2.75) is 20.0 Å². The highest BCUT2D eigenvalue weighted by Gasteiger charge is 2.08. The van der Waals surface area contributed by atoms with Gasteiger partial charge in [-0.1, -0.05) is 13.0 Å². The zero-order chi connectivity index (χ0) is 15.1. The number of rotatable bonds is 6. The predicted molar refractivity (Wildman–Crippen MR) is 81.7 cm³/mol. The second kappa shape index (κ2) is 7.41. The second-order valence-electron chi connectivity index (χ2n) is 4.81. The maximum absolute atomic E-state index is 9.15. The first-order valence-electron chi connectivity index (χ1n) is 6.95. The van der Waals surface area contributed by atoms with E-state index in [9.17, 15) is 0 Å². The molecule has 4 heteroatoms. The molecule has 0 aliphatic rings. The zero-order valence-electron chi connectivity index (χ0n) is 12.4. The van der Waals surface area contributed by atoms with E-state index in [0.29, 0.717) is 11.3 Å². The van der Waals surface area contributed by atoms with Crippen LogP contribution in [-0.4, -0.2) is 23.5 Å². The summed E-state index contributed by atoms with van der Waals surface area (Å²) in [5.74, 6) is 0.624. The number of ether oxygens (including phenoxy) is 1. The first-order valence-corrected chi connectivity index (χ1v) is 6.95. The molecule has 0 fully saturated rings. The molecule has 1 aromatic carbocycles. The van der Waals surface area contributed by atoms with E-state index in [1.807, 2.05) is 42.7 Å². The van der Waals surface area contributed by atoms with Gasteiger partial charge in [0.1, 0.15) is 11.8 Å². The van der Waals surface area contributed by atoms with E-state index in [1.165, 1.54) is 5.56 Å². The summed E-state index contributed by atoms with van der Waals surface area (Å²) in [6.07, 6.45) is 3.62. The fraction of sp³-hybridized carbons (Fsp3) is 0.294. The third kappa shape index (κ3) is 4.04. The van der Waals surface area contributed by atoms with Crippen molar-refractivity contribution in [3.63, 3.8) is 0 Å². The molecule has 21 heavy (non-hydrogen) atoms. The quantitative estimate of drug-likeness (QED) is 0.816. The number of pyridine rings is 1. The minimum absolute atomic E-state index is 0.579. The van der Waals surface area contributed by atoms with Crippen molar-refractivity contribution in [2.24, 2.45) is 0 Å². The summed E-state index contributed by atoms with van der Waals surface area (Å²) in [7, 11) is 1.58. The van der Waals surface area contributed by atoms with Crippen molar-refractivity contribution >= 4 is 0 Å². The number of nitriles is 1. The van der Waals surface area contributed by atoms with Crippen molar-refractivity contribution in [3.8, 4) is 11.8 Å². The third-order valence-electron chi connectivity index (χ3n) is 3.39. The molecule has 0 saturated heterocycles. The zero-order valence-corrected chi connectivity index (χ0v) is 12.4. The van der Waals surface area contributed by atoms with Crippen LogP contribution in [0.15, 0.2) is 42.7 Å². The van der Waals surface area contributed by atoms with Crippen molar-refractivity contribution in [3.05, 3.63) is 59.4 Å². The molecule has 4 nitrogen and oxygen atoms in total. The Labute approximate surface area is 125 Å². The summed E-state index contributed by atoms with van der Waals surface area (Å²) in [6.45, 7) is 4.75. The van der Waals surface area contributed by atoms with Crippen LogP contribution in [0.5, 0.6) is 5.75 Å². The van der Waals surface area contributed by atoms with Gasteiger partial charge in [-0.15, -0.1) is 0 Å². The molecule has 0 amide bonds. The summed E-state index contributed by atoms with van der Waals surface area (Å²) in [6, 6.07) is 12.0. The smallest absolute Gasteiger partial charge is 0.136 e. The Bertz CT molecular complexity index is 620. The average molecular weight is 281 g/mol. The van der Waals surface area contributed by atoms with Gasteiger partial charge in [-0.3, -0.25) is 9.88 Å². The first-order chi connectivity index (χ1) is 10.3. The van der Waals surface area contributed by atoms with Crippen molar-refractivity contribution < 1.29 is 4.74 Å². The van der Waals surface area contributed by atoms with Crippen LogP contribution in [0.2, 0.25) is 0 Å². The molecule has 0 aliphatic heterocycles. The van der Waals surface area contributed by atoms with Crippen LogP contribution in [-0.2, 0) is 13.1 Å². The van der Waals surface area contributed by atoms with Gasteiger partial charge in [0.15, 0.2) is 0 Å². The fourth-order valence-electron chi connectivity index (χ4n) is 2.22. The van der Waals surface area contributed by atoms with Crippen LogP contribution in [0.3, 0.4) is 0 Å². The molecule has 0 radical (unpaired) electrons. The van der Waals surface area contributed by atoms with Gasteiger partial charge in [0, 0.05) is 25.5 Å². The SMILES string of the molecule is CCN(Cc1ccncc1)Cc1ccc(OC)c(C#N)c1. The molecular formula is C17H19N3O. The summed E-state index contributed by atoms with van der Waals surface area (Å²) in [5.41, 5.74) is 2.93. The normalized spacial score (nSPS) is 10.4. The lowest BCUT2D eigenvalue weighted by Gasteiger charge is -2.20. The van der Waals surface area contributed by atoms with Gasteiger partial charge < -0.3 is 4.74 Å². The minimum Gasteiger partial charge on any atom is -0.495 e. The largest absolute Gasteiger partial charge is 0.495 e. The average Bonchev–Trinajstić information content (AvgIpc) is 2.55. The van der Waals surface area contributed by atoms with Gasteiger partial charge in [0.2, 0.25) is 0 Å². The lowest BCUT2D eigenvalue weighted by Crippen LogP contribution is -2.22. The Kier molecular flexibility index (Phi) is 5.30. The molecule has 0 N–H and O–H groups in total. The van der Waals surface area contributed by atoms with Crippen molar-refractivity contribution in [1.29, 1.82) is 5.26 Å². The molecule has 0 atom stereocenters. The number of benzene rings is 1. The molecule has 0 bridgehead atoms. The van der Waals surface area contributed by atoms with E-state index < -0.39 is 0 Å². The third-order valence-corrected chi connectivity index (χ3v) is 3.39. The molecule has 0 unspecified atom stereocenters. The topological polar surface area (TPSA) is 49.2 Å². The highest BCUT2D eigenvalue weighted by molar-refractivity contribution is 5.45. The van der Waals surface area contributed by atoms with Crippen LogP contribution >= 0.6 is 0 Å². The standard InChI is InChI=1S/C17H19N3O/c1-3-20(12-14-6-8-19-9-7-14)13-15-4-5-17(21-2)16(10-15)11-18/h4-10H,3,12-13H2,1-2H3. The molecule has 2 aromatic rings. The van der Waals surface area contributed by atoms with Crippen molar-refractivity contribution in [1.82, 2.24) is 9.88 Å². The number of aromatic nitrogens is 1. The van der Waals surface area contributed by atoms with E-state index >= 15 is 0 Å². The number of nitrogens with zero attached hydrogens (tertiary/aromatic N) is 3.